The van der Waals surface area contributed by atoms with Crippen molar-refractivity contribution in [2.45, 2.75) is 31.8 Å². The number of para-hydroxylation sites is 1. The third-order valence-electron chi connectivity index (χ3n) is 3.75. The normalized spacial score (nSPS) is 28.7. The van der Waals surface area contributed by atoms with Crippen molar-refractivity contribution in [3.8, 4) is 0 Å². The van der Waals surface area contributed by atoms with Gasteiger partial charge in [0, 0.05) is 18.3 Å². The summed E-state index contributed by atoms with van der Waals surface area (Å²) in [5, 5.41) is 8.25. The van der Waals surface area contributed by atoms with E-state index in [1.807, 2.05) is 18.2 Å². The van der Waals surface area contributed by atoms with E-state index in [9.17, 15) is 0 Å². The molecule has 2 aliphatic heterocycles. The highest BCUT2D eigenvalue weighted by Crippen LogP contribution is 2.32. The summed E-state index contributed by atoms with van der Waals surface area (Å²) in [5.41, 5.74) is 1.15. The Hall–Kier alpha value is -1.51. The number of benzene rings is 1. The van der Waals surface area contributed by atoms with E-state index >= 15 is 0 Å². The Morgan fingerprint density at radius 3 is 2.62 bits per heavy atom. The largest absolute Gasteiger partial charge is 0.335 e. The van der Waals surface area contributed by atoms with Crippen LogP contribution in [0.5, 0.6) is 0 Å². The molecule has 0 aromatic heterocycles. The van der Waals surface area contributed by atoms with Crippen LogP contribution in [0.15, 0.2) is 30.3 Å². The van der Waals surface area contributed by atoms with Gasteiger partial charge in [0.05, 0.1) is 6.04 Å². The number of guanidine groups is 1. The van der Waals surface area contributed by atoms with Crippen LogP contribution in [0.4, 0.5) is 5.69 Å². The molecule has 3 heteroatoms. The van der Waals surface area contributed by atoms with Crippen LogP contribution in [-0.2, 0) is 0 Å². The van der Waals surface area contributed by atoms with Crippen LogP contribution >= 0.6 is 0 Å². The number of nitrogens with zero attached hydrogens (tertiary/aromatic N) is 2. The molecule has 2 saturated heterocycles. The predicted molar refractivity (Wildman–Crippen MR) is 65.8 cm³/mol. The highest BCUT2D eigenvalue weighted by molar-refractivity contribution is 5.96. The lowest BCUT2D eigenvalue weighted by Gasteiger charge is -2.24. The molecule has 84 valence electrons. The van der Waals surface area contributed by atoms with E-state index in [0.717, 1.165) is 12.2 Å². The topological polar surface area (TPSA) is 30.3 Å². The molecule has 0 bridgehead atoms. The van der Waals surface area contributed by atoms with Crippen LogP contribution in [-0.4, -0.2) is 29.5 Å². The van der Waals surface area contributed by atoms with Gasteiger partial charge in [0.2, 0.25) is 0 Å². The lowest BCUT2D eigenvalue weighted by atomic mass is 10.2. The lowest BCUT2D eigenvalue weighted by Crippen LogP contribution is -2.37. The Labute approximate surface area is 96.2 Å². The van der Waals surface area contributed by atoms with E-state index in [1.54, 1.807) is 0 Å². The molecule has 0 spiro atoms. The second-order valence-electron chi connectivity index (χ2n) is 4.76. The van der Waals surface area contributed by atoms with Crippen molar-refractivity contribution in [2.75, 3.05) is 11.4 Å². The fourth-order valence-electron chi connectivity index (χ4n) is 2.90. The Morgan fingerprint density at radius 1 is 1.19 bits per heavy atom. The SMILES string of the molecule is CC1CCC2CN(c3ccccc3)C(=N)N12. The summed E-state index contributed by atoms with van der Waals surface area (Å²) in [7, 11) is 0. The molecule has 0 saturated carbocycles. The predicted octanol–water partition coefficient (Wildman–Crippen LogP) is 2.29. The summed E-state index contributed by atoms with van der Waals surface area (Å²) >= 11 is 0. The number of hydrogen-bond donors (Lipinski definition) is 1. The fraction of sp³-hybridized carbons (Fsp3) is 0.462. The third-order valence-corrected chi connectivity index (χ3v) is 3.75. The minimum absolute atomic E-state index is 0.534. The van der Waals surface area contributed by atoms with Crippen LogP contribution in [0.25, 0.3) is 0 Å². The molecule has 16 heavy (non-hydrogen) atoms. The quantitative estimate of drug-likeness (QED) is 0.779. The van der Waals surface area contributed by atoms with E-state index in [-0.39, 0.29) is 0 Å². The van der Waals surface area contributed by atoms with Crippen LogP contribution in [0.3, 0.4) is 0 Å². The Bertz CT molecular complexity index is 401. The van der Waals surface area contributed by atoms with Gasteiger partial charge in [0.25, 0.3) is 0 Å². The van der Waals surface area contributed by atoms with Crippen molar-refractivity contribution in [1.29, 1.82) is 5.41 Å². The van der Waals surface area contributed by atoms with Gasteiger partial charge < -0.3 is 9.80 Å². The standard InChI is InChI=1S/C13H17N3/c1-10-7-8-12-9-15(13(14)16(10)12)11-5-3-2-4-6-11/h2-6,10,12,14H,7-9H2,1H3. The first kappa shape index (κ1) is 9.70. The van der Waals surface area contributed by atoms with Gasteiger partial charge in [-0.15, -0.1) is 0 Å². The van der Waals surface area contributed by atoms with Crippen LogP contribution in [0, 0.1) is 5.41 Å². The maximum Gasteiger partial charge on any atom is 0.198 e. The highest BCUT2D eigenvalue weighted by atomic mass is 15.5. The maximum absolute atomic E-state index is 8.25. The van der Waals surface area contributed by atoms with Gasteiger partial charge in [-0.05, 0) is 31.9 Å². The first-order valence-electron chi connectivity index (χ1n) is 5.97. The van der Waals surface area contributed by atoms with Gasteiger partial charge in [0.15, 0.2) is 5.96 Å². The summed E-state index contributed by atoms with van der Waals surface area (Å²) < 4.78 is 0. The fourth-order valence-corrected chi connectivity index (χ4v) is 2.90. The molecule has 0 aliphatic carbocycles. The minimum atomic E-state index is 0.534. The molecule has 2 heterocycles. The smallest absolute Gasteiger partial charge is 0.198 e. The summed E-state index contributed by atoms with van der Waals surface area (Å²) in [6, 6.07) is 11.4. The van der Waals surface area contributed by atoms with Crippen LogP contribution < -0.4 is 4.90 Å². The van der Waals surface area contributed by atoms with E-state index < -0.39 is 0 Å². The molecule has 2 unspecified atom stereocenters. The van der Waals surface area contributed by atoms with E-state index in [1.165, 1.54) is 12.8 Å². The van der Waals surface area contributed by atoms with Crippen LogP contribution in [0.1, 0.15) is 19.8 Å². The van der Waals surface area contributed by atoms with Gasteiger partial charge >= 0.3 is 0 Å². The van der Waals surface area contributed by atoms with Crippen molar-refractivity contribution in [3.63, 3.8) is 0 Å². The molecule has 2 fully saturated rings. The van der Waals surface area contributed by atoms with Crippen molar-refractivity contribution in [3.05, 3.63) is 30.3 Å². The molecule has 2 aliphatic rings. The average molecular weight is 215 g/mol. The number of nitrogens with one attached hydrogen (secondary N) is 1. The molecule has 0 radical (unpaired) electrons. The molecule has 1 aromatic carbocycles. The molecule has 1 aromatic rings. The van der Waals surface area contributed by atoms with Gasteiger partial charge in [-0.1, -0.05) is 18.2 Å². The Morgan fingerprint density at radius 2 is 1.94 bits per heavy atom. The van der Waals surface area contributed by atoms with Gasteiger partial charge in [-0.3, -0.25) is 5.41 Å². The van der Waals surface area contributed by atoms with Crippen LogP contribution in [0.2, 0.25) is 0 Å². The minimum Gasteiger partial charge on any atom is -0.335 e. The zero-order valence-electron chi connectivity index (χ0n) is 9.56. The second-order valence-corrected chi connectivity index (χ2v) is 4.76. The second kappa shape index (κ2) is 3.51. The zero-order valence-corrected chi connectivity index (χ0v) is 9.56. The van der Waals surface area contributed by atoms with Crippen molar-refractivity contribution >= 4 is 11.6 Å². The molecule has 3 nitrogen and oxygen atoms in total. The lowest BCUT2D eigenvalue weighted by molar-refractivity contribution is 0.363. The summed E-state index contributed by atoms with van der Waals surface area (Å²) in [4.78, 5) is 4.40. The van der Waals surface area contributed by atoms with Gasteiger partial charge in [0.1, 0.15) is 0 Å². The molecular weight excluding hydrogens is 198 g/mol. The molecule has 3 rings (SSSR count). The maximum atomic E-state index is 8.25. The highest BCUT2D eigenvalue weighted by Gasteiger charge is 2.41. The van der Waals surface area contributed by atoms with E-state index in [0.29, 0.717) is 18.0 Å². The molecule has 2 atom stereocenters. The van der Waals surface area contributed by atoms with Crippen molar-refractivity contribution < 1.29 is 0 Å². The summed E-state index contributed by atoms with van der Waals surface area (Å²) in [5.74, 6) is 0.682. The van der Waals surface area contributed by atoms with E-state index in [2.05, 4.69) is 28.9 Å². The first-order chi connectivity index (χ1) is 7.77. The third kappa shape index (κ3) is 1.31. The Kier molecular flexibility index (Phi) is 2.13. The summed E-state index contributed by atoms with van der Waals surface area (Å²) in [6.45, 7) is 3.20. The first-order valence-corrected chi connectivity index (χ1v) is 5.97. The van der Waals surface area contributed by atoms with Crippen molar-refractivity contribution in [2.24, 2.45) is 0 Å². The number of rotatable bonds is 1. The van der Waals surface area contributed by atoms with Gasteiger partial charge in [-0.25, -0.2) is 0 Å². The number of fused-ring (bicyclic) bond motifs is 1. The Balaban J connectivity index is 1.88. The van der Waals surface area contributed by atoms with E-state index in [4.69, 9.17) is 5.41 Å². The zero-order chi connectivity index (χ0) is 11.1. The van der Waals surface area contributed by atoms with Crippen molar-refractivity contribution in [1.82, 2.24) is 4.90 Å². The molecule has 1 N–H and O–H groups in total. The molecule has 0 amide bonds. The average Bonchev–Trinajstić information content (AvgIpc) is 2.83. The van der Waals surface area contributed by atoms with Gasteiger partial charge in [-0.2, -0.15) is 0 Å². The monoisotopic (exact) mass is 215 g/mol. The molecular formula is C13H17N3. The number of anilines is 1. The summed E-state index contributed by atoms with van der Waals surface area (Å²) in [6.07, 6.45) is 2.46. The number of hydrogen-bond acceptors (Lipinski definition) is 1.